The molecule has 1 aromatic rings. The number of hydrazine groups is 1. The first-order chi connectivity index (χ1) is 9.00. The van der Waals surface area contributed by atoms with E-state index in [0.29, 0.717) is 17.8 Å². The van der Waals surface area contributed by atoms with Crippen LogP contribution in [0.5, 0.6) is 0 Å². The van der Waals surface area contributed by atoms with Crippen LogP contribution in [-0.4, -0.2) is 40.1 Å². The lowest BCUT2D eigenvalue weighted by atomic mass is 10.1. The van der Waals surface area contributed by atoms with E-state index in [1.165, 1.54) is 0 Å². The molecule has 0 aliphatic heterocycles. The lowest BCUT2D eigenvalue weighted by Crippen LogP contribution is -2.35. The number of nitrogens with one attached hydrogen (secondary N) is 3. The van der Waals surface area contributed by atoms with E-state index in [2.05, 4.69) is 72.6 Å². The van der Waals surface area contributed by atoms with E-state index in [4.69, 9.17) is 0 Å². The van der Waals surface area contributed by atoms with Crippen molar-refractivity contribution in [1.82, 2.24) is 20.4 Å². The Kier molecular flexibility index (Phi) is 4.75. The van der Waals surface area contributed by atoms with Crippen LogP contribution in [0.4, 0.5) is 17.8 Å². The standard InChI is InChI=1S/C13H27N7/c1-12(2,3)18-9-15-10(19-13(4,5)6)17-11(16-9)20(8)14-7/h14H,1-8H3,(H2,15,16,17,18,19). The molecule has 0 spiro atoms. The van der Waals surface area contributed by atoms with Gasteiger partial charge in [0.05, 0.1) is 0 Å². The minimum absolute atomic E-state index is 0.115. The van der Waals surface area contributed by atoms with Crippen LogP contribution >= 0.6 is 0 Å². The Morgan fingerprint density at radius 2 is 1.20 bits per heavy atom. The average molecular weight is 281 g/mol. The molecule has 0 aliphatic rings. The number of hydrogen-bond acceptors (Lipinski definition) is 7. The maximum Gasteiger partial charge on any atom is 0.246 e. The maximum atomic E-state index is 4.42. The van der Waals surface area contributed by atoms with Crippen molar-refractivity contribution in [2.45, 2.75) is 52.6 Å². The van der Waals surface area contributed by atoms with Gasteiger partial charge in [0, 0.05) is 25.2 Å². The van der Waals surface area contributed by atoms with E-state index in [0.717, 1.165) is 0 Å². The zero-order valence-electron chi connectivity index (χ0n) is 13.8. The van der Waals surface area contributed by atoms with Crippen molar-refractivity contribution in [2.75, 3.05) is 29.7 Å². The number of anilines is 3. The fourth-order valence-electron chi connectivity index (χ4n) is 1.40. The lowest BCUT2D eigenvalue weighted by Gasteiger charge is -2.25. The van der Waals surface area contributed by atoms with E-state index in [1.807, 2.05) is 14.1 Å². The maximum absolute atomic E-state index is 4.42. The Labute approximate surface area is 121 Å². The SMILES string of the molecule is CNN(C)c1nc(NC(C)(C)C)nc(NC(C)(C)C)n1. The first-order valence-electron chi connectivity index (χ1n) is 6.74. The summed E-state index contributed by atoms with van der Waals surface area (Å²) in [5.41, 5.74) is 2.76. The number of nitrogens with zero attached hydrogens (tertiary/aromatic N) is 4. The average Bonchev–Trinajstić information content (AvgIpc) is 2.22. The molecule has 0 unspecified atom stereocenters. The summed E-state index contributed by atoms with van der Waals surface area (Å²) in [4.78, 5) is 13.2. The molecule has 7 heteroatoms. The van der Waals surface area contributed by atoms with Crippen LogP contribution in [0.25, 0.3) is 0 Å². The fraction of sp³-hybridized carbons (Fsp3) is 0.769. The van der Waals surface area contributed by atoms with Gasteiger partial charge in [-0.15, -0.1) is 0 Å². The van der Waals surface area contributed by atoms with Crippen LogP contribution in [0.2, 0.25) is 0 Å². The first kappa shape index (κ1) is 16.4. The molecule has 1 rings (SSSR count). The van der Waals surface area contributed by atoms with Gasteiger partial charge >= 0.3 is 0 Å². The molecule has 0 amide bonds. The van der Waals surface area contributed by atoms with Crippen LogP contribution in [-0.2, 0) is 0 Å². The Bertz CT molecular complexity index is 411. The summed E-state index contributed by atoms with van der Waals surface area (Å²) in [7, 11) is 3.68. The van der Waals surface area contributed by atoms with Crippen LogP contribution in [0, 0.1) is 0 Å². The zero-order valence-corrected chi connectivity index (χ0v) is 13.8. The Morgan fingerprint density at radius 3 is 1.50 bits per heavy atom. The summed E-state index contributed by atoms with van der Waals surface area (Å²) in [6.07, 6.45) is 0. The molecule has 114 valence electrons. The predicted octanol–water partition coefficient (Wildman–Crippen LogP) is 1.86. The summed E-state index contributed by atoms with van der Waals surface area (Å²) in [5, 5.41) is 8.28. The number of rotatable bonds is 4. The highest BCUT2D eigenvalue weighted by Gasteiger charge is 2.17. The molecule has 0 radical (unpaired) electrons. The summed E-state index contributed by atoms with van der Waals surface area (Å²) < 4.78 is 0. The van der Waals surface area contributed by atoms with Crippen molar-refractivity contribution in [2.24, 2.45) is 0 Å². The highest BCUT2D eigenvalue weighted by atomic mass is 15.5. The van der Waals surface area contributed by atoms with Gasteiger partial charge in [-0.3, -0.25) is 5.01 Å². The van der Waals surface area contributed by atoms with Gasteiger partial charge in [0.2, 0.25) is 17.8 Å². The molecule has 0 aromatic carbocycles. The summed E-state index contributed by atoms with van der Waals surface area (Å²) in [6.45, 7) is 12.4. The Hall–Kier alpha value is -1.63. The molecule has 3 N–H and O–H groups in total. The highest BCUT2D eigenvalue weighted by Crippen LogP contribution is 2.17. The molecule has 0 atom stereocenters. The van der Waals surface area contributed by atoms with Gasteiger partial charge in [-0.1, -0.05) is 0 Å². The Balaban J connectivity index is 3.14. The summed E-state index contributed by atoms with van der Waals surface area (Å²) in [5.74, 6) is 1.66. The van der Waals surface area contributed by atoms with Crippen LogP contribution < -0.4 is 21.1 Å². The van der Waals surface area contributed by atoms with Crippen molar-refractivity contribution in [3.8, 4) is 0 Å². The van der Waals surface area contributed by atoms with Crippen molar-refractivity contribution >= 4 is 17.8 Å². The van der Waals surface area contributed by atoms with Gasteiger partial charge in [0.1, 0.15) is 0 Å². The predicted molar refractivity (Wildman–Crippen MR) is 84.0 cm³/mol. The van der Waals surface area contributed by atoms with Gasteiger partial charge in [-0.05, 0) is 41.5 Å². The second-order valence-electron chi connectivity index (χ2n) is 6.82. The largest absolute Gasteiger partial charge is 0.349 e. The molecule has 0 bridgehead atoms. The molecule has 0 saturated carbocycles. The fourth-order valence-corrected chi connectivity index (χ4v) is 1.40. The second-order valence-corrected chi connectivity index (χ2v) is 6.82. The van der Waals surface area contributed by atoms with Crippen molar-refractivity contribution in [1.29, 1.82) is 0 Å². The van der Waals surface area contributed by atoms with E-state index in [-0.39, 0.29) is 11.1 Å². The smallest absolute Gasteiger partial charge is 0.246 e. The van der Waals surface area contributed by atoms with Crippen LogP contribution in [0.15, 0.2) is 0 Å². The van der Waals surface area contributed by atoms with E-state index in [1.54, 1.807) is 5.01 Å². The zero-order chi connectivity index (χ0) is 15.6. The van der Waals surface area contributed by atoms with Gasteiger partial charge < -0.3 is 10.6 Å². The molecular formula is C13H27N7. The van der Waals surface area contributed by atoms with Crippen molar-refractivity contribution in [3.63, 3.8) is 0 Å². The quantitative estimate of drug-likeness (QED) is 0.727. The molecule has 1 heterocycles. The van der Waals surface area contributed by atoms with E-state index in [9.17, 15) is 0 Å². The van der Waals surface area contributed by atoms with Crippen molar-refractivity contribution in [3.05, 3.63) is 0 Å². The minimum Gasteiger partial charge on any atom is -0.349 e. The first-order valence-corrected chi connectivity index (χ1v) is 6.74. The molecular weight excluding hydrogens is 254 g/mol. The topological polar surface area (TPSA) is 78.0 Å². The lowest BCUT2D eigenvalue weighted by molar-refractivity contribution is 0.614. The summed E-state index contributed by atoms with van der Waals surface area (Å²) >= 11 is 0. The van der Waals surface area contributed by atoms with Gasteiger partial charge in [0.25, 0.3) is 0 Å². The van der Waals surface area contributed by atoms with Crippen LogP contribution in [0.3, 0.4) is 0 Å². The molecule has 1 aromatic heterocycles. The van der Waals surface area contributed by atoms with Gasteiger partial charge in [-0.2, -0.15) is 15.0 Å². The van der Waals surface area contributed by atoms with Crippen molar-refractivity contribution < 1.29 is 0 Å². The highest BCUT2D eigenvalue weighted by molar-refractivity contribution is 5.44. The van der Waals surface area contributed by atoms with E-state index >= 15 is 0 Å². The van der Waals surface area contributed by atoms with Crippen LogP contribution in [0.1, 0.15) is 41.5 Å². The molecule has 7 nitrogen and oxygen atoms in total. The summed E-state index contributed by atoms with van der Waals surface area (Å²) in [6, 6.07) is 0. The van der Waals surface area contributed by atoms with Gasteiger partial charge in [0.15, 0.2) is 0 Å². The monoisotopic (exact) mass is 281 g/mol. The molecule has 20 heavy (non-hydrogen) atoms. The third-order valence-corrected chi connectivity index (χ3v) is 2.23. The van der Waals surface area contributed by atoms with Gasteiger partial charge in [-0.25, -0.2) is 5.43 Å². The third-order valence-electron chi connectivity index (χ3n) is 2.23. The third kappa shape index (κ3) is 5.56. The number of hydrogen-bond donors (Lipinski definition) is 3. The van der Waals surface area contributed by atoms with E-state index < -0.39 is 0 Å². The molecule has 0 aliphatic carbocycles. The Morgan fingerprint density at radius 1 is 0.800 bits per heavy atom. The normalized spacial score (nSPS) is 12.2. The second kappa shape index (κ2) is 5.78. The molecule has 0 saturated heterocycles. The number of aromatic nitrogens is 3. The molecule has 0 fully saturated rings. The minimum atomic E-state index is -0.115.